The quantitative estimate of drug-likeness (QED) is 0.570. The highest BCUT2D eigenvalue weighted by Crippen LogP contribution is 2.58. The molecule has 146 valence electrons. The van der Waals surface area contributed by atoms with Crippen LogP contribution in [0, 0.1) is 11.8 Å². The molecule has 1 N–H and O–H groups in total. The van der Waals surface area contributed by atoms with Gasteiger partial charge in [-0.25, -0.2) is 4.79 Å². The number of hydrogen-bond donors (Lipinski definition) is 1. The molecular weight excluding hydrogens is 426 g/mol. The number of anilines is 1. The van der Waals surface area contributed by atoms with Crippen molar-refractivity contribution in [3.05, 3.63) is 87.4 Å². The fourth-order valence-corrected chi connectivity index (χ4v) is 6.40. The Morgan fingerprint density at radius 2 is 1.69 bits per heavy atom. The van der Waals surface area contributed by atoms with Crippen molar-refractivity contribution in [3.63, 3.8) is 0 Å². The fourth-order valence-electron chi connectivity index (χ4n) is 6.14. The van der Waals surface area contributed by atoms with Crippen LogP contribution in [0.3, 0.4) is 0 Å². The minimum absolute atomic E-state index is 0.287. The number of fused-ring (bicyclic) bond motifs is 4. The Bertz CT molecular complexity index is 1050. The highest BCUT2D eigenvalue weighted by atomic mass is 79.9. The summed E-state index contributed by atoms with van der Waals surface area (Å²) < 4.78 is 1.10. The van der Waals surface area contributed by atoms with Crippen LogP contribution in [0.15, 0.2) is 65.2 Å². The Labute approximate surface area is 178 Å². The Kier molecular flexibility index (Phi) is 3.83. The van der Waals surface area contributed by atoms with Gasteiger partial charge in [-0.15, -0.1) is 0 Å². The monoisotopic (exact) mass is 447 g/mol. The Morgan fingerprint density at radius 3 is 2.45 bits per heavy atom. The molecule has 0 spiro atoms. The van der Waals surface area contributed by atoms with Crippen LogP contribution in [0.4, 0.5) is 5.69 Å². The maximum absolute atomic E-state index is 11.9. The van der Waals surface area contributed by atoms with Gasteiger partial charge in [-0.1, -0.05) is 52.4 Å². The lowest BCUT2D eigenvalue weighted by Crippen LogP contribution is -2.46. The smallest absolute Gasteiger partial charge is 0.335 e. The summed E-state index contributed by atoms with van der Waals surface area (Å²) in [6, 6.07) is 13.0. The molecule has 0 bridgehead atoms. The summed E-state index contributed by atoms with van der Waals surface area (Å²) >= 11 is 3.58. The van der Waals surface area contributed by atoms with Gasteiger partial charge in [0, 0.05) is 28.5 Å². The minimum atomic E-state index is -0.826. The molecular formula is C25H22BrNO2. The molecule has 0 saturated carbocycles. The largest absolute Gasteiger partial charge is 0.478 e. The number of carboxylic acids is 1. The summed E-state index contributed by atoms with van der Waals surface area (Å²) in [7, 11) is 0. The SMILES string of the molecule is O=C(O)c1cc2c3c(c1)[C@@H]1C=CC[C@@H]1[C@H](c1ccc(Br)cc1)N3C[C@H]1CC=C[C@H]21. The first-order chi connectivity index (χ1) is 14.1. The van der Waals surface area contributed by atoms with Crippen molar-refractivity contribution >= 4 is 27.6 Å². The molecule has 6 rings (SSSR count). The molecule has 0 saturated heterocycles. The number of hydrogen-bond acceptors (Lipinski definition) is 2. The normalized spacial score (nSPS) is 30.8. The average molecular weight is 448 g/mol. The number of nitrogens with zero attached hydrogens (tertiary/aromatic N) is 1. The van der Waals surface area contributed by atoms with Gasteiger partial charge in [-0.05, 0) is 65.6 Å². The molecule has 3 nitrogen and oxygen atoms in total. The summed E-state index contributed by atoms with van der Waals surface area (Å²) in [5.41, 5.74) is 5.51. The molecule has 2 aliphatic heterocycles. The van der Waals surface area contributed by atoms with E-state index in [9.17, 15) is 9.90 Å². The molecule has 0 radical (unpaired) electrons. The van der Waals surface area contributed by atoms with Gasteiger partial charge >= 0.3 is 5.97 Å². The van der Waals surface area contributed by atoms with Crippen LogP contribution >= 0.6 is 15.9 Å². The van der Waals surface area contributed by atoms with Crippen molar-refractivity contribution < 1.29 is 9.90 Å². The first kappa shape index (κ1) is 17.5. The van der Waals surface area contributed by atoms with Gasteiger partial charge in [-0.2, -0.15) is 0 Å². The molecule has 0 amide bonds. The molecule has 4 aliphatic rings. The predicted octanol–water partition coefficient (Wildman–Crippen LogP) is 6.04. The van der Waals surface area contributed by atoms with E-state index in [-0.39, 0.29) is 5.92 Å². The maximum Gasteiger partial charge on any atom is 0.335 e. The van der Waals surface area contributed by atoms with Gasteiger partial charge in [0.15, 0.2) is 0 Å². The van der Waals surface area contributed by atoms with Crippen molar-refractivity contribution in [2.75, 3.05) is 11.4 Å². The van der Waals surface area contributed by atoms with Crippen LogP contribution in [-0.4, -0.2) is 17.6 Å². The zero-order valence-electron chi connectivity index (χ0n) is 16.0. The van der Waals surface area contributed by atoms with E-state index < -0.39 is 5.97 Å². The second-order valence-corrected chi connectivity index (χ2v) is 9.68. The first-order valence-corrected chi connectivity index (χ1v) is 11.2. The lowest BCUT2D eigenvalue weighted by molar-refractivity contribution is 0.0696. The third-order valence-corrected chi connectivity index (χ3v) is 7.84. The van der Waals surface area contributed by atoms with E-state index in [4.69, 9.17) is 0 Å². The third-order valence-electron chi connectivity index (χ3n) is 7.31. The van der Waals surface area contributed by atoms with E-state index in [2.05, 4.69) is 69.4 Å². The zero-order chi connectivity index (χ0) is 19.7. The summed E-state index contributed by atoms with van der Waals surface area (Å²) in [6.07, 6.45) is 11.3. The van der Waals surface area contributed by atoms with Crippen molar-refractivity contribution in [1.29, 1.82) is 0 Å². The third kappa shape index (κ3) is 2.51. The van der Waals surface area contributed by atoms with Gasteiger partial charge in [-0.3, -0.25) is 0 Å². The summed E-state index contributed by atoms with van der Waals surface area (Å²) in [5.74, 6) is 0.782. The molecule has 5 atom stereocenters. The number of allylic oxidation sites excluding steroid dienone is 4. The van der Waals surface area contributed by atoms with Gasteiger partial charge in [0.05, 0.1) is 11.6 Å². The van der Waals surface area contributed by atoms with Crippen molar-refractivity contribution in [2.45, 2.75) is 30.7 Å². The number of aromatic carboxylic acids is 1. The zero-order valence-corrected chi connectivity index (χ0v) is 17.5. The van der Waals surface area contributed by atoms with Gasteiger partial charge in [0.1, 0.15) is 0 Å². The lowest BCUT2D eigenvalue weighted by atomic mass is 9.70. The van der Waals surface area contributed by atoms with E-state index in [1.165, 1.54) is 22.4 Å². The Hall–Kier alpha value is -2.33. The van der Waals surface area contributed by atoms with E-state index in [0.717, 1.165) is 23.9 Å². The number of carbonyl (C=O) groups is 1. The van der Waals surface area contributed by atoms with Crippen molar-refractivity contribution in [3.8, 4) is 0 Å². The maximum atomic E-state index is 11.9. The molecule has 2 aromatic rings. The Morgan fingerprint density at radius 1 is 1.00 bits per heavy atom. The van der Waals surface area contributed by atoms with Gasteiger partial charge < -0.3 is 10.0 Å². The number of carboxylic acid groups (broad SMARTS) is 1. The van der Waals surface area contributed by atoms with Crippen LogP contribution in [0.1, 0.15) is 57.8 Å². The first-order valence-electron chi connectivity index (χ1n) is 10.4. The molecule has 0 unspecified atom stereocenters. The van der Waals surface area contributed by atoms with Crippen molar-refractivity contribution in [2.24, 2.45) is 11.8 Å². The standard InChI is InChI=1S/C25H22BrNO2/c26-17-9-7-14(8-10-17)23-20-6-2-5-19(20)22-12-16(25(28)29)11-21-18-4-1-3-15(18)13-27(23)24(21)22/h1-2,4-5,7-12,15,18-20,23H,3,6,13H2,(H,28,29)/t15-,18+,19-,20+,23+/m1/s1. The summed E-state index contributed by atoms with van der Waals surface area (Å²) in [4.78, 5) is 14.5. The van der Waals surface area contributed by atoms with Crippen LogP contribution in [0.25, 0.3) is 0 Å². The van der Waals surface area contributed by atoms with Crippen LogP contribution in [0.2, 0.25) is 0 Å². The van der Waals surface area contributed by atoms with E-state index in [1.807, 2.05) is 12.1 Å². The lowest BCUT2D eigenvalue weighted by Gasteiger charge is -2.51. The molecule has 2 aromatic carbocycles. The van der Waals surface area contributed by atoms with Crippen molar-refractivity contribution in [1.82, 2.24) is 0 Å². The summed E-state index contributed by atoms with van der Waals surface area (Å²) in [6.45, 7) is 1.04. The molecule has 2 heterocycles. The second-order valence-electron chi connectivity index (χ2n) is 8.76. The van der Waals surface area contributed by atoms with Crippen LogP contribution in [-0.2, 0) is 0 Å². The number of rotatable bonds is 2. The Balaban J connectivity index is 1.59. The molecule has 0 fully saturated rings. The molecule has 29 heavy (non-hydrogen) atoms. The average Bonchev–Trinajstić information content (AvgIpc) is 3.38. The number of halogens is 1. The van der Waals surface area contributed by atoms with E-state index in [0.29, 0.717) is 29.4 Å². The molecule has 2 aliphatic carbocycles. The number of benzene rings is 2. The van der Waals surface area contributed by atoms with Crippen LogP contribution < -0.4 is 4.90 Å². The highest BCUT2D eigenvalue weighted by Gasteiger charge is 2.48. The minimum Gasteiger partial charge on any atom is -0.478 e. The van der Waals surface area contributed by atoms with E-state index in [1.54, 1.807) is 0 Å². The molecule has 4 heteroatoms. The van der Waals surface area contributed by atoms with Crippen LogP contribution in [0.5, 0.6) is 0 Å². The topological polar surface area (TPSA) is 40.5 Å². The van der Waals surface area contributed by atoms with E-state index >= 15 is 0 Å². The fraction of sp³-hybridized carbons (Fsp3) is 0.320. The summed E-state index contributed by atoms with van der Waals surface area (Å²) in [5, 5.41) is 9.77. The highest BCUT2D eigenvalue weighted by molar-refractivity contribution is 9.10. The molecule has 0 aromatic heterocycles. The second kappa shape index (κ2) is 6.33. The van der Waals surface area contributed by atoms with Gasteiger partial charge in [0.25, 0.3) is 0 Å². The van der Waals surface area contributed by atoms with Gasteiger partial charge in [0.2, 0.25) is 0 Å². The predicted molar refractivity (Wildman–Crippen MR) is 118 cm³/mol.